The Morgan fingerprint density at radius 1 is 1.12 bits per heavy atom. The molecular weight excluding hydrogens is 314 g/mol. The maximum atomic E-state index is 5.51. The molecule has 6 heteroatoms. The second kappa shape index (κ2) is 7.19. The monoisotopic (exact) mass is 337 g/mol. The number of benzene rings is 1. The molecule has 1 aliphatic heterocycles. The van der Waals surface area contributed by atoms with Crippen LogP contribution in [0.4, 0.5) is 0 Å². The van der Waals surface area contributed by atoms with Crippen molar-refractivity contribution in [3.05, 3.63) is 47.9 Å². The molecule has 0 atom stereocenters. The highest BCUT2D eigenvalue weighted by Crippen LogP contribution is 2.30. The summed E-state index contributed by atoms with van der Waals surface area (Å²) in [5.74, 6) is 1.43. The van der Waals surface area contributed by atoms with Gasteiger partial charge in [-0.15, -0.1) is 0 Å². The molecule has 0 amide bonds. The van der Waals surface area contributed by atoms with Crippen LogP contribution in [0.25, 0.3) is 11.2 Å². The first-order valence-electron chi connectivity index (χ1n) is 8.92. The molecule has 1 N–H and O–H groups in total. The molecule has 1 aromatic carbocycles. The normalized spacial score (nSPS) is 16.4. The summed E-state index contributed by atoms with van der Waals surface area (Å²) in [6.45, 7) is 5.87. The van der Waals surface area contributed by atoms with E-state index in [0.29, 0.717) is 18.2 Å². The van der Waals surface area contributed by atoms with Crippen molar-refractivity contribution in [2.75, 3.05) is 19.7 Å². The van der Waals surface area contributed by atoms with Gasteiger partial charge in [-0.1, -0.05) is 12.1 Å². The quantitative estimate of drug-likeness (QED) is 0.775. The van der Waals surface area contributed by atoms with Gasteiger partial charge in [0.1, 0.15) is 11.3 Å². The average Bonchev–Trinajstić information content (AvgIpc) is 3.08. The van der Waals surface area contributed by atoms with Crippen molar-refractivity contribution in [2.45, 2.75) is 32.2 Å². The molecule has 2 aromatic heterocycles. The smallest absolute Gasteiger partial charge is 0.199 e. The van der Waals surface area contributed by atoms with Crippen molar-refractivity contribution in [1.29, 1.82) is 0 Å². The SMILES string of the molecule is CCOc1ccc(CN2CCC(c3[nH]nc4nccnc34)CC2)cc1. The largest absolute Gasteiger partial charge is 0.494 e. The van der Waals surface area contributed by atoms with E-state index in [-0.39, 0.29) is 0 Å². The zero-order valence-corrected chi connectivity index (χ0v) is 14.5. The van der Waals surface area contributed by atoms with Gasteiger partial charge in [-0.2, -0.15) is 5.10 Å². The van der Waals surface area contributed by atoms with Gasteiger partial charge in [-0.25, -0.2) is 9.97 Å². The van der Waals surface area contributed by atoms with E-state index in [2.05, 4.69) is 49.3 Å². The number of fused-ring (bicyclic) bond motifs is 1. The topological polar surface area (TPSA) is 66.9 Å². The van der Waals surface area contributed by atoms with Crippen LogP contribution in [0.5, 0.6) is 5.75 Å². The number of hydrogen-bond acceptors (Lipinski definition) is 5. The van der Waals surface area contributed by atoms with Gasteiger partial charge >= 0.3 is 0 Å². The first kappa shape index (κ1) is 16.0. The molecule has 4 rings (SSSR count). The van der Waals surface area contributed by atoms with Crippen LogP contribution in [0.3, 0.4) is 0 Å². The van der Waals surface area contributed by atoms with Gasteiger partial charge < -0.3 is 4.74 Å². The Balaban J connectivity index is 1.36. The third-order valence-electron chi connectivity index (χ3n) is 4.85. The summed E-state index contributed by atoms with van der Waals surface area (Å²) < 4.78 is 5.51. The van der Waals surface area contributed by atoms with Crippen LogP contribution in [0.1, 0.15) is 36.9 Å². The molecule has 0 radical (unpaired) electrons. The lowest BCUT2D eigenvalue weighted by atomic mass is 9.93. The van der Waals surface area contributed by atoms with Gasteiger partial charge in [-0.05, 0) is 50.6 Å². The minimum Gasteiger partial charge on any atom is -0.494 e. The number of aromatic nitrogens is 4. The predicted molar refractivity (Wildman–Crippen MR) is 96.5 cm³/mol. The lowest BCUT2D eigenvalue weighted by molar-refractivity contribution is 0.203. The Kier molecular flexibility index (Phi) is 4.61. The Morgan fingerprint density at radius 2 is 1.88 bits per heavy atom. The van der Waals surface area contributed by atoms with Crippen LogP contribution in [-0.2, 0) is 6.54 Å². The summed E-state index contributed by atoms with van der Waals surface area (Å²) in [7, 11) is 0. The lowest BCUT2D eigenvalue weighted by Crippen LogP contribution is -2.32. The number of rotatable bonds is 5. The summed E-state index contributed by atoms with van der Waals surface area (Å²) in [5.41, 5.74) is 4.12. The van der Waals surface area contributed by atoms with E-state index in [1.165, 1.54) is 5.56 Å². The zero-order chi connectivity index (χ0) is 17.1. The molecule has 3 aromatic rings. The molecule has 6 nitrogen and oxygen atoms in total. The molecule has 1 saturated heterocycles. The molecule has 0 spiro atoms. The summed E-state index contributed by atoms with van der Waals surface area (Å²) in [5, 5.41) is 7.44. The number of ether oxygens (including phenoxy) is 1. The second-order valence-electron chi connectivity index (χ2n) is 6.49. The fraction of sp³-hybridized carbons (Fsp3) is 0.421. The molecule has 0 aliphatic carbocycles. The van der Waals surface area contributed by atoms with Crippen molar-refractivity contribution in [1.82, 2.24) is 25.1 Å². The minimum absolute atomic E-state index is 0.485. The standard InChI is InChI=1S/C19H23N5O/c1-2-25-16-5-3-14(4-6-16)13-24-11-7-15(8-12-24)17-18-19(23-22-17)21-10-9-20-18/h3-6,9-10,15H,2,7-8,11-13H2,1H3,(H,21,22,23). The lowest BCUT2D eigenvalue weighted by Gasteiger charge is -2.31. The highest BCUT2D eigenvalue weighted by molar-refractivity contribution is 5.72. The highest BCUT2D eigenvalue weighted by Gasteiger charge is 2.24. The fourth-order valence-corrected chi connectivity index (χ4v) is 3.55. The number of aromatic amines is 1. The van der Waals surface area contributed by atoms with Crippen LogP contribution < -0.4 is 4.74 Å². The molecule has 0 saturated carbocycles. The third kappa shape index (κ3) is 3.49. The van der Waals surface area contributed by atoms with Crippen molar-refractivity contribution in [3.8, 4) is 5.75 Å². The van der Waals surface area contributed by atoms with Crippen LogP contribution in [-0.4, -0.2) is 44.8 Å². The van der Waals surface area contributed by atoms with E-state index in [1.807, 2.05) is 6.92 Å². The van der Waals surface area contributed by atoms with Gasteiger partial charge in [0, 0.05) is 24.9 Å². The molecular formula is C19H23N5O. The Morgan fingerprint density at radius 3 is 2.64 bits per heavy atom. The van der Waals surface area contributed by atoms with E-state index < -0.39 is 0 Å². The molecule has 130 valence electrons. The number of nitrogens with zero attached hydrogens (tertiary/aromatic N) is 4. The minimum atomic E-state index is 0.485. The number of nitrogens with one attached hydrogen (secondary N) is 1. The maximum absolute atomic E-state index is 5.51. The molecule has 0 bridgehead atoms. The van der Waals surface area contributed by atoms with Crippen LogP contribution in [0.15, 0.2) is 36.7 Å². The highest BCUT2D eigenvalue weighted by atomic mass is 16.5. The molecule has 1 fully saturated rings. The van der Waals surface area contributed by atoms with Crippen LogP contribution in [0, 0.1) is 0 Å². The van der Waals surface area contributed by atoms with Gasteiger partial charge in [0.05, 0.1) is 12.3 Å². The van der Waals surface area contributed by atoms with Crippen molar-refractivity contribution >= 4 is 11.2 Å². The summed E-state index contributed by atoms with van der Waals surface area (Å²) >= 11 is 0. The van der Waals surface area contributed by atoms with Crippen molar-refractivity contribution in [2.24, 2.45) is 0 Å². The van der Waals surface area contributed by atoms with Crippen LogP contribution >= 0.6 is 0 Å². The van der Waals surface area contributed by atoms with Crippen LogP contribution in [0.2, 0.25) is 0 Å². The van der Waals surface area contributed by atoms with Gasteiger partial charge in [0.25, 0.3) is 0 Å². The van der Waals surface area contributed by atoms with Gasteiger partial charge in [0.2, 0.25) is 0 Å². The number of hydrogen-bond donors (Lipinski definition) is 1. The van der Waals surface area contributed by atoms with Crippen molar-refractivity contribution in [3.63, 3.8) is 0 Å². The van der Waals surface area contributed by atoms with E-state index in [1.54, 1.807) is 12.4 Å². The summed E-state index contributed by atoms with van der Waals surface area (Å²) in [6, 6.07) is 8.44. The molecule has 25 heavy (non-hydrogen) atoms. The number of likely N-dealkylation sites (tertiary alicyclic amines) is 1. The Hall–Kier alpha value is -2.47. The fourth-order valence-electron chi connectivity index (χ4n) is 3.55. The average molecular weight is 337 g/mol. The first-order chi connectivity index (χ1) is 12.3. The molecule has 1 aliphatic rings. The zero-order valence-electron chi connectivity index (χ0n) is 14.5. The van der Waals surface area contributed by atoms with E-state index in [0.717, 1.165) is 49.4 Å². The first-order valence-corrected chi connectivity index (χ1v) is 8.92. The van der Waals surface area contributed by atoms with Gasteiger partial charge in [0.15, 0.2) is 5.65 Å². The summed E-state index contributed by atoms with van der Waals surface area (Å²) in [6.07, 6.45) is 5.66. The second-order valence-corrected chi connectivity index (χ2v) is 6.49. The Labute approximate surface area is 147 Å². The predicted octanol–water partition coefficient (Wildman–Crippen LogP) is 3.13. The Bertz CT molecular complexity index is 821. The van der Waals surface area contributed by atoms with Gasteiger partial charge in [-0.3, -0.25) is 10.00 Å². The number of H-pyrrole nitrogens is 1. The van der Waals surface area contributed by atoms with E-state index in [4.69, 9.17) is 4.74 Å². The van der Waals surface area contributed by atoms with Crippen molar-refractivity contribution < 1.29 is 4.74 Å². The van der Waals surface area contributed by atoms with E-state index >= 15 is 0 Å². The number of piperidine rings is 1. The van der Waals surface area contributed by atoms with E-state index in [9.17, 15) is 0 Å². The third-order valence-corrected chi connectivity index (χ3v) is 4.85. The summed E-state index contributed by atoms with van der Waals surface area (Å²) in [4.78, 5) is 11.2. The molecule has 3 heterocycles. The molecule has 0 unspecified atom stereocenters. The maximum Gasteiger partial charge on any atom is 0.199 e.